The van der Waals surface area contributed by atoms with Crippen LogP contribution in [0, 0.1) is 13.8 Å². The summed E-state index contributed by atoms with van der Waals surface area (Å²) in [5.41, 5.74) is 3.43. The van der Waals surface area contributed by atoms with Crippen molar-refractivity contribution >= 4 is 11.7 Å². The van der Waals surface area contributed by atoms with Crippen LogP contribution in [0.2, 0.25) is 0 Å². The lowest BCUT2D eigenvalue weighted by Crippen LogP contribution is -2.28. The Balaban J connectivity index is 1.65. The third-order valence-corrected chi connectivity index (χ3v) is 3.69. The molecule has 0 atom stereocenters. The molecule has 3 aromatic rings. The molecule has 2 amide bonds. The Bertz CT molecular complexity index is 821. The van der Waals surface area contributed by atoms with E-state index in [1.807, 2.05) is 68.4 Å². The van der Waals surface area contributed by atoms with Gasteiger partial charge in [0.05, 0.1) is 5.69 Å². The number of benzene rings is 2. The first-order valence-corrected chi connectivity index (χ1v) is 7.75. The van der Waals surface area contributed by atoms with E-state index in [1.54, 1.807) is 0 Å². The lowest BCUT2D eigenvalue weighted by atomic mass is 10.2. The van der Waals surface area contributed by atoms with Crippen molar-refractivity contribution in [2.24, 2.45) is 0 Å². The van der Waals surface area contributed by atoms with E-state index in [4.69, 9.17) is 4.42 Å². The summed E-state index contributed by atoms with van der Waals surface area (Å²) >= 11 is 0. The lowest BCUT2D eigenvalue weighted by Gasteiger charge is -2.08. The van der Waals surface area contributed by atoms with Crippen LogP contribution in [-0.4, -0.2) is 11.0 Å². The fourth-order valence-electron chi connectivity index (χ4n) is 2.28. The number of anilines is 1. The van der Waals surface area contributed by atoms with Crippen molar-refractivity contribution in [3.63, 3.8) is 0 Å². The van der Waals surface area contributed by atoms with Gasteiger partial charge in [-0.25, -0.2) is 9.78 Å². The zero-order valence-electron chi connectivity index (χ0n) is 13.7. The maximum atomic E-state index is 12.0. The minimum atomic E-state index is -0.254. The average Bonchev–Trinajstić information content (AvgIpc) is 2.93. The van der Waals surface area contributed by atoms with E-state index in [0.29, 0.717) is 18.1 Å². The zero-order valence-corrected chi connectivity index (χ0v) is 13.7. The molecule has 0 radical (unpaired) electrons. The van der Waals surface area contributed by atoms with E-state index in [0.717, 1.165) is 22.6 Å². The molecule has 0 fully saturated rings. The molecule has 2 N–H and O–H groups in total. The Kier molecular flexibility index (Phi) is 4.61. The van der Waals surface area contributed by atoms with Crippen LogP contribution in [0.1, 0.15) is 17.0 Å². The van der Waals surface area contributed by atoms with Gasteiger partial charge in [-0.3, -0.25) is 0 Å². The van der Waals surface area contributed by atoms with Crippen LogP contribution < -0.4 is 10.6 Å². The quantitative estimate of drug-likeness (QED) is 0.753. The van der Waals surface area contributed by atoms with Gasteiger partial charge in [-0.15, -0.1) is 0 Å². The van der Waals surface area contributed by atoms with E-state index in [1.165, 1.54) is 0 Å². The van der Waals surface area contributed by atoms with Gasteiger partial charge < -0.3 is 15.1 Å². The van der Waals surface area contributed by atoms with E-state index < -0.39 is 0 Å². The molecule has 5 nitrogen and oxygen atoms in total. The van der Waals surface area contributed by atoms with Crippen molar-refractivity contribution in [1.82, 2.24) is 10.3 Å². The Hall–Kier alpha value is -3.08. The van der Waals surface area contributed by atoms with Crippen molar-refractivity contribution in [1.29, 1.82) is 0 Å². The highest BCUT2D eigenvalue weighted by molar-refractivity contribution is 5.89. The number of hydrogen-bond acceptors (Lipinski definition) is 3. The Labute approximate surface area is 140 Å². The van der Waals surface area contributed by atoms with Gasteiger partial charge in [-0.2, -0.15) is 0 Å². The second-order valence-electron chi connectivity index (χ2n) is 5.53. The highest BCUT2D eigenvalue weighted by atomic mass is 16.4. The number of rotatable bonds is 4. The number of aryl methyl sites for hydroxylation is 2. The highest BCUT2D eigenvalue weighted by Gasteiger charge is 2.09. The Morgan fingerprint density at radius 3 is 2.58 bits per heavy atom. The predicted octanol–water partition coefficient (Wildman–Crippen LogP) is 4.28. The molecule has 1 aromatic heterocycles. The zero-order chi connectivity index (χ0) is 16.9. The number of amides is 2. The molecule has 2 aromatic carbocycles. The molecule has 1 heterocycles. The molecule has 0 aliphatic carbocycles. The van der Waals surface area contributed by atoms with Gasteiger partial charge >= 0.3 is 6.03 Å². The number of oxazole rings is 1. The SMILES string of the molecule is Cc1nc(-c2cccc(NC(=O)NCc3ccccc3)c2)oc1C. The average molecular weight is 321 g/mol. The molecule has 0 unspecified atom stereocenters. The summed E-state index contributed by atoms with van der Waals surface area (Å²) in [5.74, 6) is 1.35. The van der Waals surface area contributed by atoms with E-state index in [9.17, 15) is 4.79 Å². The topological polar surface area (TPSA) is 67.2 Å². The Morgan fingerprint density at radius 1 is 1.08 bits per heavy atom. The van der Waals surface area contributed by atoms with Crippen molar-refractivity contribution < 1.29 is 9.21 Å². The van der Waals surface area contributed by atoms with Crippen LogP contribution >= 0.6 is 0 Å². The van der Waals surface area contributed by atoms with Gasteiger partial charge in [0.15, 0.2) is 0 Å². The number of hydrogen-bond donors (Lipinski definition) is 2. The maximum absolute atomic E-state index is 12.0. The van der Waals surface area contributed by atoms with Gasteiger partial charge in [-0.05, 0) is 37.6 Å². The van der Waals surface area contributed by atoms with Gasteiger partial charge in [0.2, 0.25) is 5.89 Å². The summed E-state index contributed by atoms with van der Waals surface area (Å²) in [6.07, 6.45) is 0. The first-order chi connectivity index (χ1) is 11.6. The first kappa shape index (κ1) is 15.8. The summed E-state index contributed by atoms with van der Waals surface area (Å²) in [6, 6.07) is 16.9. The fraction of sp³-hybridized carbons (Fsp3) is 0.158. The molecule has 0 aliphatic heterocycles. The van der Waals surface area contributed by atoms with Crippen molar-refractivity contribution in [3.05, 3.63) is 71.6 Å². The second kappa shape index (κ2) is 7.00. The summed E-state index contributed by atoms with van der Waals surface area (Å²) in [4.78, 5) is 16.4. The van der Waals surface area contributed by atoms with Gasteiger partial charge in [-0.1, -0.05) is 36.4 Å². The van der Waals surface area contributed by atoms with Crippen LogP contribution in [0.4, 0.5) is 10.5 Å². The molecule has 3 rings (SSSR count). The van der Waals surface area contributed by atoms with Crippen LogP contribution in [0.3, 0.4) is 0 Å². The van der Waals surface area contributed by atoms with Gasteiger partial charge in [0.1, 0.15) is 5.76 Å². The largest absolute Gasteiger partial charge is 0.441 e. The summed E-state index contributed by atoms with van der Waals surface area (Å²) in [5, 5.41) is 5.66. The van der Waals surface area contributed by atoms with Crippen molar-refractivity contribution in [2.45, 2.75) is 20.4 Å². The number of nitrogens with zero attached hydrogens (tertiary/aromatic N) is 1. The fourth-order valence-corrected chi connectivity index (χ4v) is 2.28. The molecule has 0 saturated heterocycles. The summed E-state index contributed by atoms with van der Waals surface area (Å²) in [7, 11) is 0. The van der Waals surface area contributed by atoms with Crippen LogP contribution in [0.15, 0.2) is 59.0 Å². The van der Waals surface area contributed by atoms with Gasteiger partial charge in [0.25, 0.3) is 0 Å². The molecule has 0 saturated carbocycles. The van der Waals surface area contributed by atoms with Gasteiger partial charge in [0, 0.05) is 17.8 Å². The monoisotopic (exact) mass is 321 g/mol. The number of carbonyl (C=O) groups is 1. The molecule has 0 spiro atoms. The standard InChI is InChI=1S/C19H19N3O2/c1-13-14(2)24-18(21-13)16-9-6-10-17(11-16)22-19(23)20-12-15-7-4-3-5-8-15/h3-11H,12H2,1-2H3,(H2,20,22,23). The molecule has 0 aliphatic rings. The normalized spacial score (nSPS) is 10.4. The lowest BCUT2D eigenvalue weighted by molar-refractivity contribution is 0.251. The van der Waals surface area contributed by atoms with Crippen LogP contribution in [0.5, 0.6) is 0 Å². The van der Waals surface area contributed by atoms with E-state index in [-0.39, 0.29) is 6.03 Å². The minimum absolute atomic E-state index is 0.254. The highest BCUT2D eigenvalue weighted by Crippen LogP contribution is 2.23. The third-order valence-electron chi connectivity index (χ3n) is 3.69. The number of aromatic nitrogens is 1. The summed E-state index contributed by atoms with van der Waals surface area (Å²) in [6.45, 7) is 4.26. The van der Waals surface area contributed by atoms with Crippen LogP contribution in [-0.2, 0) is 6.54 Å². The number of urea groups is 1. The Morgan fingerprint density at radius 2 is 1.88 bits per heavy atom. The minimum Gasteiger partial charge on any atom is -0.441 e. The molecule has 5 heteroatoms. The number of nitrogens with one attached hydrogen (secondary N) is 2. The van der Waals surface area contributed by atoms with E-state index in [2.05, 4.69) is 15.6 Å². The van der Waals surface area contributed by atoms with Crippen molar-refractivity contribution in [2.75, 3.05) is 5.32 Å². The predicted molar refractivity (Wildman–Crippen MR) is 93.7 cm³/mol. The summed E-state index contributed by atoms with van der Waals surface area (Å²) < 4.78 is 5.63. The smallest absolute Gasteiger partial charge is 0.319 e. The maximum Gasteiger partial charge on any atom is 0.319 e. The molecule has 122 valence electrons. The molecular weight excluding hydrogens is 302 g/mol. The second-order valence-corrected chi connectivity index (χ2v) is 5.53. The third kappa shape index (κ3) is 3.81. The molecule has 0 bridgehead atoms. The number of carbonyl (C=O) groups excluding carboxylic acids is 1. The first-order valence-electron chi connectivity index (χ1n) is 7.75. The molecular formula is C19H19N3O2. The van der Waals surface area contributed by atoms with Crippen LogP contribution in [0.25, 0.3) is 11.5 Å². The molecule has 24 heavy (non-hydrogen) atoms. The van der Waals surface area contributed by atoms with Crippen molar-refractivity contribution in [3.8, 4) is 11.5 Å². The van der Waals surface area contributed by atoms with E-state index >= 15 is 0 Å².